The average molecular weight is 459 g/mol. The Labute approximate surface area is 198 Å². The molecular formula is C28H30N2O2S. The van der Waals surface area contributed by atoms with Crippen molar-refractivity contribution in [3.8, 4) is 0 Å². The molecule has 0 saturated carbocycles. The van der Waals surface area contributed by atoms with Gasteiger partial charge in [0.15, 0.2) is 0 Å². The highest BCUT2D eigenvalue weighted by atomic mass is 32.2. The monoisotopic (exact) mass is 458 g/mol. The number of likely N-dealkylation sites (tertiary alicyclic amines) is 1. The van der Waals surface area contributed by atoms with Crippen LogP contribution in [-0.2, 0) is 22.9 Å². The summed E-state index contributed by atoms with van der Waals surface area (Å²) in [5.41, 5.74) is 7.34. The van der Waals surface area contributed by atoms with Crippen LogP contribution in [0.3, 0.4) is 0 Å². The maximum absolute atomic E-state index is 12.5. The largest absolute Gasteiger partial charge is 0.385 e. The van der Waals surface area contributed by atoms with Gasteiger partial charge >= 0.3 is 0 Å². The number of rotatable bonds is 5. The maximum Gasteiger partial charge on any atom is 0.133 e. The molecule has 6 rings (SSSR count). The van der Waals surface area contributed by atoms with Gasteiger partial charge in [-0.3, -0.25) is 9.11 Å². The fourth-order valence-electron chi connectivity index (χ4n) is 6.36. The lowest BCUT2D eigenvalue weighted by molar-refractivity contribution is -0.0303. The summed E-state index contributed by atoms with van der Waals surface area (Å²) >= 11 is 0. The van der Waals surface area contributed by atoms with Gasteiger partial charge in [-0.05, 0) is 53.1 Å². The molecule has 1 aliphatic heterocycles. The summed E-state index contributed by atoms with van der Waals surface area (Å²) in [6, 6.07) is 19.6. The summed E-state index contributed by atoms with van der Waals surface area (Å²) in [4.78, 5) is 6.83. The van der Waals surface area contributed by atoms with E-state index in [0.29, 0.717) is 35.5 Å². The molecule has 3 unspecified atom stereocenters. The van der Waals surface area contributed by atoms with Crippen LogP contribution in [0.5, 0.6) is 0 Å². The van der Waals surface area contributed by atoms with Gasteiger partial charge in [0, 0.05) is 49.0 Å². The Bertz CT molecular complexity index is 1230. The van der Waals surface area contributed by atoms with Gasteiger partial charge < -0.3 is 5.11 Å². The van der Waals surface area contributed by atoms with Crippen molar-refractivity contribution in [3.05, 3.63) is 94.2 Å². The fraction of sp³-hybridized carbons (Fsp3) is 0.393. The van der Waals surface area contributed by atoms with Crippen LogP contribution in [0.15, 0.2) is 65.8 Å². The molecule has 2 aliphatic carbocycles. The molecule has 3 aliphatic rings. The minimum absolute atomic E-state index is 0.511. The minimum Gasteiger partial charge on any atom is -0.385 e. The van der Waals surface area contributed by atoms with Crippen LogP contribution in [-0.4, -0.2) is 38.0 Å². The molecule has 0 radical (unpaired) electrons. The predicted octanol–water partition coefficient (Wildman–Crippen LogP) is 4.67. The Kier molecular flexibility index (Phi) is 5.24. The van der Waals surface area contributed by atoms with E-state index in [-0.39, 0.29) is 0 Å². The van der Waals surface area contributed by atoms with E-state index in [9.17, 15) is 9.32 Å². The molecule has 33 heavy (non-hydrogen) atoms. The second kappa shape index (κ2) is 8.15. The van der Waals surface area contributed by atoms with E-state index < -0.39 is 16.4 Å². The van der Waals surface area contributed by atoms with Gasteiger partial charge in [-0.25, -0.2) is 4.98 Å². The molecular weight excluding hydrogens is 428 g/mol. The van der Waals surface area contributed by atoms with Crippen LogP contribution < -0.4 is 0 Å². The van der Waals surface area contributed by atoms with E-state index in [4.69, 9.17) is 0 Å². The maximum atomic E-state index is 12.5. The third kappa shape index (κ3) is 3.40. The normalized spacial score (nSPS) is 23.8. The molecule has 4 nitrogen and oxygen atoms in total. The Morgan fingerprint density at radius 1 is 1.00 bits per heavy atom. The van der Waals surface area contributed by atoms with Crippen LogP contribution in [0.1, 0.15) is 71.4 Å². The summed E-state index contributed by atoms with van der Waals surface area (Å²) in [5, 5.41) is 12.0. The summed E-state index contributed by atoms with van der Waals surface area (Å²) in [6.07, 6.45) is 4.16. The van der Waals surface area contributed by atoms with Crippen molar-refractivity contribution in [1.82, 2.24) is 9.88 Å². The zero-order valence-corrected chi connectivity index (χ0v) is 19.9. The molecule has 1 fully saturated rings. The molecule has 2 aromatic carbocycles. The van der Waals surface area contributed by atoms with Crippen LogP contribution in [0.25, 0.3) is 0 Å². The Morgan fingerprint density at radius 3 is 2.48 bits per heavy atom. The van der Waals surface area contributed by atoms with Crippen molar-refractivity contribution < 1.29 is 9.32 Å². The molecule has 1 N–H and O–H groups in total. The third-order valence-corrected chi connectivity index (χ3v) is 9.28. The number of piperidine rings is 1. The number of aliphatic hydroxyl groups is 1. The molecule has 0 amide bonds. The van der Waals surface area contributed by atoms with Crippen molar-refractivity contribution >= 4 is 10.8 Å². The second-order valence-corrected chi connectivity index (χ2v) is 11.3. The van der Waals surface area contributed by atoms with Crippen molar-refractivity contribution in [2.45, 2.75) is 55.2 Å². The van der Waals surface area contributed by atoms with E-state index in [0.717, 1.165) is 25.2 Å². The lowest BCUT2D eigenvalue weighted by Gasteiger charge is -2.39. The predicted molar refractivity (Wildman–Crippen MR) is 131 cm³/mol. The number of nitrogens with zero attached hydrogens (tertiary/aromatic N) is 2. The summed E-state index contributed by atoms with van der Waals surface area (Å²) in [6.45, 7) is 4.45. The zero-order chi connectivity index (χ0) is 22.6. The van der Waals surface area contributed by atoms with Crippen LogP contribution >= 0.6 is 0 Å². The Hall–Kier alpha value is -2.34. The van der Waals surface area contributed by atoms with Gasteiger partial charge in [0.25, 0.3) is 0 Å². The second-order valence-electron chi connectivity index (χ2n) is 9.69. The number of fused-ring (bicyclic) bond motifs is 8. The quantitative estimate of drug-likeness (QED) is 0.604. The van der Waals surface area contributed by atoms with Gasteiger partial charge in [-0.15, -0.1) is 0 Å². The Balaban J connectivity index is 1.21. The highest BCUT2D eigenvalue weighted by molar-refractivity contribution is 7.85. The SMILES string of the molecule is CCS(=O)c1ncccc1C1(O)CCN(Cc2cccc3c2C2CC3c3ccccc32)CC1. The average Bonchev–Trinajstić information content (AvgIpc) is 3.43. The van der Waals surface area contributed by atoms with Crippen molar-refractivity contribution in [2.24, 2.45) is 0 Å². The van der Waals surface area contributed by atoms with Crippen molar-refractivity contribution in [3.63, 3.8) is 0 Å². The first-order valence-corrected chi connectivity index (χ1v) is 13.4. The first-order chi connectivity index (χ1) is 16.1. The van der Waals surface area contributed by atoms with E-state index >= 15 is 0 Å². The molecule has 3 atom stereocenters. The number of hydrogen-bond donors (Lipinski definition) is 1. The smallest absolute Gasteiger partial charge is 0.133 e. The molecule has 3 aromatic rings. The molecule has 2 bridgehead atoms. The van der Waals surface area contributed by atoms with E-state index in [1.807, 2.05) is 19.1 Å². The highest BCUT2D eigenvalue weighted by Crippen LogP contribution is 2.57. The molecule has 5 heteroatoms. The number of pyridine rings is 1. The lowest BCUT2D eigenvalue weighted by atomic mass is 9.82. The molecule has 0 spiro atoms. The number of aromatic nitrogens is 1. The van der Waals surface area contributed by atoms with E-state index in [2.05, 4.69) is 52.3 Å². The van der Waals surface area contributed by atoms with Crippen LogP contribution in [0.2, 0.25) is 0 Å². The standard InChI is InChI=1S/C28H30N2O2S/c1-2-33(32)27-25(11-6-14-29-27)28(31)12-15-30(16-13-28)18-19-7-5-10-22-23-17-24(26(19)22)21-9-4-3-8-20(21)23/h3-11,14,23-24,31H,2,12-13,15-18H2,1H3. The van der Waals surface area contributed by atoms with Gasteiger partial charge in [-0.2, -0.15) is 0 Å². The molecule has 1 saturated heterocycles. The first-order valence-electron chi connectivity index (χ1n) is 12.1. The summed E-state index contributed by atoms with van der Waals surface area (Å²) < 4.78 is 12.5. The lowest BCUT2D eigenvalue weighted by Crippen LogP contribution is -2.43. The van der Waals surface area contributed by atoms with Gasteiger partial charge in [0.05, 0.1) is 16.4 Å². The van der Waals surface area contributed by atoms with Crippen LogP contribution in [0, 0.1) is 0 Å². The fourth-order valence-corrected chi connectivity index (χ4v) is 7.31. The van der Waals surface area contributed by atoms with Crippen molar-refractivity contribution in [1.29, 1.82) is 0 Å². The number of benzene rings is 2. The zero-order valence-electron chi connectivity index (χ0n) is 19.0. The highest BCUT2D eigenvalue weighted by Gasteiger charge is 2.43. The van der Waals surface area contributed by atoms with E-state index in [1.54, 1.807) is 11.8 Å². The molecule has 2 heterocycles. The van der Waals surface area contributed by atoms with Crippen LogP contribution in [0.4, 0.5) is 0 Å². The summed E-state index contributed by atoms with van der Waals surface area (Å²) in [5.74, 6) is 1.59. The number of hydrogen-bond acceptors (Lipinski definition) is 4. The van der Waals surface area contributed by atoms with Gasteiger partial charge in [0.1, 0.15) is 5.03 Å². The molecule has 170 valence electrons. The van der Waals surface area contributed by atoms with Gasteiger partial charge in [0.2, 0.25) is 0 Å². The summed E-state index contributed by atoms with van der Waals surface area (Å²) in [7, 11) is -1.17. The Morgan fingerprint density at radius 2 is 1.73 bits per heavy atom. The minimum atomic E-state index is -1.17. The van der Waals surface area contributed by atoms with E-state index in [1.165, 1.54) is 28.7 Å². The van der Waals surface area contributed by atoms with Crippen molar-refractivity contribution in [2.75, 3.05) is 18.8 Å². The third-order valence-electron chi connectivity index (χ3n) is 8.00. The topological polar surface area (TPSA) is 53.4 Å². The van der Waals surface area contributed by atoms with Gasteiger partial charge in [-0.1, -0.05) is 55.5 Å². The molecule has 1 aromatic heterocycles. The first kappa shape index (κ1) is 21.2.